The van der Waals surface area contributed by atoms with Gasteiger partial charge >= 0.3 is 0 Å². The summed E-state index contributed by atoms with van der Waals surface area (Å²) in [5.74, 6) is -0.260. The van der Waals surface area contributed by atoms with Gasteiger partial charge in [0.05, 0.1) is 17.1 Å². The molecule has 0 unspecified atom stereocenters. The van der Waals surface area contributed by atoms with Crippen molar-refractivity contribution in [3.05, 3.63) is 48.0 Å². The highest BCUT2D eigenvalue weighted by Gasteiger charge is 2.02. The second-order valence-corrected chi connectivity index (χ2v) is 3.49. The number of nitrogens with one attached hydrogen (secondary N) is 1. The number of benzene rings is 1. The Balaban J connectivity index is 2.27. The molecule has 0 spiro atoms. The third kappa shape index (κ3) is 2.11. The van der Waals surface area contributed by atoms with E-state index in [4.69, 9.17) is 5.73 Å². The van der Waals surface area contributed by atoms with Crippen molar-refractivity contribution in [1.29, 1.82) is 0 Å². The number of aryl methyl sites for hydroxylation is 1. The molecule has 3 N–H and O–H groups in total. The SMILES string of the molecule is Cc1nccc(Nc2ccc(F)cc2)c1N. The minimum atomic E-state index is -0.260. The summed E-state index contributed by atoms with van der Waals surface area (Å²) in [6, 6.07) is 7.89. The van der Waals surface area contributed by atoms with Gasteiger partial charge < -0.3 is 11.1 Å². The molecular weight excluding hydrogens is 205 g/mol. The largest absolute Gasteiger partial charge is 0.396 e. The van der Waals surface area contributed by atoms with E-state index in [-0.39, 0.29) is 5.82 Å². The normalized spacial score (nSPS) is 10.1. The van der Waals surface area contributed by atoms with Crippen molar-refractivity contribution < 1.29 is 4.39 Å². The Kier molecular flexibility index (Phi) is 2.72. The van der Waals surface area contributed by atoms with Crippen LogP contribution in [0.3, 0.4) is 0 Å². The van der Waals surface area contributed by atoms with Crippen LogP contribution in [0.2, 0.25) is 0 Å². The van der Waals surface area contributed by atoms with Gasteiger partial charge in [-0.2, -0.15) is 0 Å². The van der Waals surface area contributed by atoms with Crippen molar-refractivity contribution in [3.63, 3.8) is 0 Å². The van der Waals surface area contributed by atoms with Crippen LogP contribution < -0.4 is 11.1 Å². The first-order chi connectivity index (χ1) is 7.66. The second kappa shape index (κ2) is 4.18. The number of nitrogens with two attached hydrogens (primary N) is 1. The fourth-order valence-electron chi connectivity index (χ4n) is 1.38. The lowest BCUT2D eigenvalue weighted by atomic mass is 10.2. The Morgan fingerprint density at radius 1 is 1.19 bits per heavy atom. The van der Waals surface area contributed by atoms with E-state index in [0.29, 0.717) is 5.69 Å². The summed E-state index contributed by atoms with van der Waals surface area (Å²) < 4.78 is 12.7. The van der Waals surface area contributed by atoms with E-state index in [0.717, 1.165) is 17.1 Å². The number of halogens is 1. The Morgan fingerprint density at radius 3 is 2.56 bits per heavy atom. The summed E-state index contributed by atoms with van der Waals surface area (Å²) >= 11 is 0. The Bertz CT molecular complexity index is 494. The van der Waals surface area contributed by atoms with Gasteiger partial charge in [-0.1, -0.05) is 0 Å². The molecule has 0 radical (unpaired) electrons. The molecule has 4 heteroatoms. The molecule has 1 aromatic carbocycles. The van der Waals surface area contributed by atoms with Gasteiger partial charge in [0.1, 0.15) is 5.82 Å². The zero-order valence-corrected chi connectivity index (χ0v) is 8.87. The van der Waals surface area contributed by atoms with E-state index >= 15 is 0 Å². The zero-order valence-electron chi connectivity index (χ0n) is 8.87. The molecule has 1 aromatic heterocycles. The second-order valence-electron chi connectivity index (χ2n) is 3.49. The lowest BCUT2D eigenvalue weighted by Crippen LogP contribution is -1.99. The molecule has 0 aliphatic carbocycles. The average Bonchev–Trinajstić information content (AvgIpc) is 2.28. The fraction of sp³-hybridized carbons (Fsp3) is 0.0833. The van der Waals surface area contributed by atoms with Crippen LogP contribution in [0.4, 0.5) is 21.5 Å². The maximum Gasteiger partial charge on any atom is 0.123 e. The first-order valence-electron chi connectivity index (χ1n) is 4.90. The maximum absolute atomic E-state index is 12.7. The van der Waals surface area contributed by atoms with E-state index in [1.165, 1.54) is 12.1 Å². The van der Waals surface area contributed by atoms with Crippen molar-refractivity contribution in [2.24, 2.45) is 0 Å². The summed E-state index contributed by atoms with van der Waals surface area (Å²) in [5, 5.41) is 3.11. The number of aromatic nitrogens is 1. The van der Waals surface area contributed by atoms with Crippen LogP contribution in [-0.2, 0) is 0 Å². The Morgan fingerprint density at radius 2 is 1.88 bits per heavy atom. The quantitative estimate of drug-likeness (QED) is 0.813. The smallest absolute Gasteiger partial charge is 0.123 e. The minimum absolute atomic E-state index is 0.260. The molecule has 0 saturated heterocycles. The van der Waals surface area contributed by atoms with Crippen LogP contribution in [-0.4, -0.2) is 4.98 Å². The maximum atomic E-state index is 12.7. The monoisotopic (exact) mass is 217 g/mol. The van der Waals surface area contributed by atoms with Gasteiger partial charge in [-0.05, 0) is 37.3 Å². The van der Waals surface area contributed by atoms with Crippen LogP contribution in [0, 0.1) is 12.7 Å². The number of hydrogen-bond acceptors (Lipinski definition) is 3. The van der Waals surface area contributed by atoms with Gasteiger partial charge in [-0.15, -0.1) is 0 Å². The van der Waals surface area contributed by atoms with Crippen molar-refractivity contribution in [2.75, 3.05) is 11.1 Å². The number of hydrogen-bond donors (Lipinski definition) is 2. The molecule has 0 aliphatic rings. The van der Waals surface area contributed by atoms with E-state index in [1.54, 1.807) is 24.4 Å². The highest BCUT2D eigenvalue weighted by atomic mass is 19.1. The van der Waals surface area contributed by atoms with Gasteiger partial charge in [0.25, 0.3) is 0 Å². The molecular formula is C12H12FN3. The fourth-order valence-corrected chi connectivity index (χ4v) is 1.38. The number of pyridine rings is 1. The molecule has 0 saturated carbocycles. The van der Waals surface area contributed by atoms with Gasteiger partial charge in [-0.25, -0.2) is 4.39 Å². The highest BCUT2D eigenvalue weighted by molar-refractivity contribution is 5.73. The molecule has 16 heavy (non-hydrogen) atoms. The molecule has 0 fully saturated rings. The molecule has 0 aliphatic heterocycles. The van der Waals surface area contributed by atoms with Crippen LogP contribution in [0.5, 0.6) is 0 Å². The van der Waals surface area contributed by atoms with E-state index < -0.39 is 0 Å². The van der Waals surface area contributed by atoms with Crippen molar-refractivity contribution in [2.45, 2.75) is 6.92 Å². The molecule has 0 amide bonds. The number of anilines is 3. The van der Waals surface area contributed by atoms with Crippen LogP contribution in [0.15, 0.2) is 36.5 Å². The minimum Gasteiger partial charge on any atom is -0.396 e. The lowest BCUT2D eigenvalue weighted by Gasteiger charge is -2.10. The van der Waals surface area contributed by atoms with Crippen molar-refractivity contribution in [1.82, 2.24) is 4.98 Å². The average molecular weight is 217 g/mol. The summed E-state index contributed by atoms with van der Waals surface area (Å²) in [4.78, 5) is 4.07. The number of rotatable bonds is 2. The standard InChI is InChI=1S/C12H12FN3/c1-8-12(14)11(6-7-15-8)16-10-4-2-9(13)3-5-10/h2-7H,14H2,1H3,(H,15,16). The Hall–Kier alpha value is -2.10. The summed E-state index contributed by atoms with van der Waals surface area (Å²) in [5.41, 5.74) is 8.80. The molecule has 0 atom stereocenters. The topological polar surface area (TPSA) is 50.9 Å². The van der Waals surface area contributed by atoms with Crippen LogP contribution in [0.1, 0.15) is 5.69 Å². The van der Waals surface area contributed by atoms with E-state index in [2.05, 4.69) is 10.3 Å². The van der Waals surface area contributed by atoms with Gasteiger partial charge in [0.15, 0.2) is 0 Å². The number of nitrogen functional groups attached to an aromatic ring is 1. The van der Waals surface area contributed by atoms with Gasteiger partial charge in [-0.3, -0.25) is 4.98 Å². The predicted molar refractivity (Wildman–Crippen MR) is 63.1 cm³/mol. The first-order valence-corrected chi connectivity index (χ1v) is 4.90. The van der Waals surface area contributed by atoms with Gasteiger partial charge in [0.2, 0.25) is 0 Å². The number of nitrogens with zero attached hydrogens (tertiary/aromatic N) is 1. The molecule has 3 nitrogen and oxygen atoms in total. The van der Waals surface area contributed by atoms with Crippen molar-refractivity contribution in [3.8, 4) is 0 Å². The third-order valence-corrected chi connectivity index (χ3v) is 2.31. The molecule has 82 valence electrons. The van der Waals surface area contributed by atoms with Crippen LogP contribution in [0.25, 0.3) is 0 Å². The molecule has 0 bridgehead atoms. The zero-order chi connectivity index (χ0) is 11.5. The third-order valence-electron chi connectivity index (χ3n) is 2.31. The summed E-state index contributed by atoms with van der Waals surface area (Å²) in [7, 11) is 0. The van der Waals surface area contributed by atoms with E-state index in [9.17, 15) is 4.39 Å². The molecule has 2 aromatic rings. The summed E-state index contributed by atoms with van der Waals surface area (Å²) in [6.07, 6.45) is 1.68. The van der Waals surface area contributed by atoms with E-state index in [1.807, 2.05) is 6.92 Å². The van der Waals surface area contributed by atoms with Crippen LogP contribution >= 0.6 is 0 Å². The highest BCUT2D eigenvalue weighted by Crippen LogP contribution is 2.24. The molecule has 1 heterocycles. The summed E-state index contributed by atoms with van der Waals surface area (Å²) in [6.45, 7) is 1.84. The molecule has 2 rings (SSSR count). The lowest BCUT2D eigenvalue weighted by molar-refractivity contribution is 0.628. The predicted octanol–water partition coefficient (Wildman–Crippen LogP) is 2.85. The Labute approximate surface area is 93.1 Å². The first kappa shape index (κ1) is 10.4. The van der Waals surface area contributed by atoms with Gasteiger partial charge in [0, 0.05) is 11.9 Å². The van der Waals surface area contributed by atoms with Crippen molar-refractivity contribution >= 4 is 17.1 Å².